The quantitative estimate of drug-likeness (QED) is 0.644. The van der Waals surface area contributed by atoms with Crippen LogP contribution in [-0.4, -0.2) is 18.4 Å². The van der Waals surface area contributed by atoms with Crippen molar-refractivity contribution in [3.63, 3.8) is 0 Å². The third-order valence-electron chi connectivity index (χ3n) is 4.13. The monoisotopic (exact) mass is 382 g/mol. The number of carbonyl (C=O) groups excluding carboxylic acids is 2. The van der Waals surface area contributed by atoms with Crippen molar-refractivity contribution in [2.75, 3.05) is 11.9 Å². The summed E-state index contributed by atoms with van der Waals surface area (Å²) >= 11 is 0. The molecule has 2 heterocycles. The van der Waals surface area contributed by atoms with Gasteiger partial charge in [0.2, 0.25) is 0 Å². The Kier molecular flexibility index (Phi) is 5.84. The van der Waals surface area contributed by atoms with Crippen LogP contribution in [0.25, 0.3) is 0 Å². The Morgan fingerprint density at radius 3 is 2.64 bits per heavy atom. The normalized spacial score (nSPS) is 11.7. The van der Waals surface area contributed by atoms with E-state index in [0.29, 0.717) is 11.4 Å². The second-order valence-corrected chi connectivity index (χ2v) is 6.41. The zero-order chi connectivity index (χ0) is 20.1. The van der Waals surface area contributed by atoms with Crippen LogP contribution in [0.1, 0.15) is 40.6 Å². The van der Waals surface area contributed by atoms with Gasteiger partial charge in [0.25, 0.3) is 11.8 Å². The molecule has 28 heavy (non-hydrogen) atoms. The molecule has 3 rings (SSSR count). The molecule has 1 aromatic carbocycles. The Balaban J connectivity index is 1.53. The van der Waals surface area contributed by atoms with Crippen LogP contribution in [0.3, 0.4) is 0 Å². The maximum absolute atomic E-state index is 12.2. The number of hydrogen-bond donors (Lipinski definition) is 2. The molecule has 1 unspecified atom stereocenters. The van der Waals surface area contributed by atoms with E-state index >= 15 is 0 Å². The molecule has 3 aromatic rings. The molecule has 1 atom stereocenters. The van der Waals surface area contributed by atoms with Crippen molar-refractivity contribution >= 4 is 17.5 Å². The van der Waals surface area contributed by atoms with E-state index in [0.717, 1.165) is 17.1 Å². The van der Waals surface area contributed by atoms with E-state index in [9.17, 15) is 9.59 Å². The van der Waals surface area contributed by atoms with Crippen molar-refractivity contribution in [1.29, 1.82) is 0 Å². The molecule has 0 saturated heterocycles. The van der Waals surface area contributed by atoms with Crippen LogP contribution in [0.2, 0.25) is 0 Å². The van der Waals surface area contributed by atoms with Crippen LogP contribution in [0, 0.1) is 13.8 Å². The van der Waals surface area contributed by atoms with Gasteiger partial charge in [-0.25, -0.2) is 0 Å². The molecule has 0 aliphatic heterocycles. The summed E-state index contributed by atoms with van der Waals surface area (Å²) in [5, 5.41) is 5.59. The lowest BCUT2D eigenvalue weighted by Crippen LogP contribution is -2.31. The number of anilines is 1. The highest BCUT2D eigenvalue weighted by atomic mass is 16.5. The molecule has 7 heteroatoms. The fourth-order valence-corrected chi connectivity index (χ4v) is 2.85. The smallest absolute Gasteiger partial charge is 0.291 e. The molecule has 0 fully saturated rings. The zero-order valence-corrected chi connectivity index (χ0v) is 15.9. The second-order valence-electron chi connectivity index (χ2n) is 6.41. The number of benzene rings is 1. The Morgan fingerprint density at radius 1 is 1.14 bits per heavy atom. The standard InChI is InChI=1S/C21H22N2O5/c1-13-10-18(15(3)28-13)14(2)22-20(24)12-27-17-7-4-6-16(11-17)23-21(25)19-8-5-9-26-19/h4-11,14H,12H2,1-3H3,(H,22,24)(H,23,25). The SMILES string of the molecule is Cc1cc(C(C)NC(=O)COc2cccc(NC(=O)c3ccco3)c2)c(C)o1. The van der Waals surface area contributed by atoms with Crippen molar-refractivity contribution in [2.45, 2.75) is 26.8 Å². The zero-order valence-electron chi connectivity index (χ0n) is 15.9. The largest absolute Gasteiger partial charge is 0.484 e. The van der Waals surface area contributed by atoms with E-state index in [-0.39, 0.29) is 30.2 Å². The lowest BCUT2D eigenvalue weighted by atomic mass is 10.1. The van der Waals surface area contributed by atoms with Crippen molar-refractivity contribution in [3.8, 4) is 5.75 Å². The molecule has 0 saturated carbocycles. The molecular formula is C21H22N2O5. The molecule has 2 amide bonds. The Labute approximate surface area is 162 Å². The maximum Gasteiger partial charge on any atom is 0.291 e. The van der Waals surface area contributed by atoms with Gasteiger partial charge in [0.05, 0.1) is 12.3 Å². The van der Waals surface area contributed by atoms with Gasteiger partial charge >= 0.3 is 0 Å². The third-order valence-corrected chi connectivity index (χ3v) is 4.13. The molecule has 0 aliphatic carbocycles. The first-order chi connectivity index (χ1) is 13.4. The average Bonchev–Trinajstić information content (AvgIpc) is 3.30. The Morgan fingerprint density at radius 2 is 1.96 bits per heavy atom. The van der Waals surface area contributed by atoms with E-state index in [1.54, 1.807) is 36.4 Å². The van der Waals surface area contributed by atoms with Crippen LogP contribution >= 0.6 is 0 Å². The van der Waals surface area contributed by atoms with Crippen LogP contribution in [0.4, 0.5) is 5.69 Å². The number of ether oxygens (including phenoxy) is 1. The highest BCUT2D eigenvalue weighted by Crippen LogP contribution is 2.21. The van der Waals surface area contributed by atoms with Gasteiger partial charge in [-0.1, -0.05) is 6.07 Å². The molecule has 0 bridgehead atoms. The first kappa shape index (κ1) is 19.3. The summed E-state index contributed by atoms with van der Waals surface area (Å²) in [5.74, 6) is 1.65. The molecule has 2 N–H and O–H groups in total. The number of aryl methyl sites for hydroxylation is 2. The fraction of sp³-hybridized carbons (Fsp3) is 0.238. The minimum atomic E-state index is -0.362. The number of furan rings is 2. The molecule has 0 radical (unpaired) electrons. The van der Waals surface area contributed by atoms with Crippen LogP contribution < -0.4 is 15.4 Å². The lowest BCUT2D eigenvalue weighted by Gasteiger charge is -2.14. The van der Waals surface area contributed by atoms with Crippen molar-refractivity contribution in [3.05, 3.63) is 71.6 Å². The Bertz CT molecular complexity index is 959. The summed E-state index contributed by atoms with van der Waals surface area (Å²) in [6.45, 7) is 5.48. The van der Waals surface area contributed by atoms with Gasteiger partial charge in [0, 0.05) is 17.3 Å². The fourth-order valence-electron chi connectivity index (χ4n) is 2.85. The minimum Gasteiger partial charge on any atom is -0.484 e. The first-order valence-corrected chi connectivity index (χ1v) is 8.86. The predicted octanol–water partition coefficient (Wildman–Crippen LogP) is 4.00. The maximum atomic E-state index is 12.2. The number of nitrogens with one attached hydrogen (secondary N) is 2. The summed E-state index contributed by atoms with van der Waals surface area (Å²) in [7, 11) is 0. The summed E-state index contributed by atoms with van der Waals surface area (Å²) in [6.07, 6.45) is 1.43. The topological polar surface area (TPSA) is 93.7 Å². The number of amides is 2. The summed E-state index contributed by atoms with van der Waals surface area (Å²) in [6, 6.07) is 11.7. The van der Waals surface area contributed by atoms with E-state index in [1.165, 1.54) is 6.26 Å². The van der Waals surface area contributed by atoms with E-state index in [4.69, 9.17) is 13.6 Å². The van der Waals surface area contributed by atoms with Crippen LogP contribution in [0.15, 0.2) is 57.6 Å². The van der Waals surface area contributed by atoms with Gasteiger partial charge in [0.15, 0.2) is 12.4 Å². The van der Waals surface area contributed by atoms with E-state index in [2.05, 4.69) is 10.6 Å². The molecule has 7 nitrogen and oxygen atoms in total. The lowest BCUT2D eigenvalue weighted by molar-refractivity contribution is -0.123. The molecule has 0 spiro atoms. The highest BCUT2D eigenvalue weighted by molar-refractivity contribution is 6.02. The minimum absolute atomic E-state index is 0.143. The number of carbonyl (C=O) groups is 2. The van der Waals surface area contributed by atoms with Crippen molar-refractivity contribution < 1.29 is 23.2 Å². The average molecular weight is 382 g/mol. The summed E-state index contributed by atoms with van der Waals surface area (Å²) < 4.78 is 16.1. The van der Waals surface area contributed by atoms with Crippen molar-refractivity contribution in [1.82, 2.24) is 5.32 Å². The molecular weight excluding hydrogens is 360 g/mol. The first-order valence-electron chi connectivity index (χ1n) is 8.86. The third kappa shape index (κ3) is 4.82. The van der Waals surface area contributed by atoms with Gasteiger partial charge in [0.1, 0.15) is 17.3 Å². The molecule has 146 valence electrons. The van der Waals surface area contributed by atoms with Crippen LogP contribution in [0.5, 0.6) is 5.75 Å². The van der Waals surface area contributed by atoms with Gasteiger partial charge in [-0.3, -0.25) is 9.59 Å². The van der Waals surface area contributed by atoms with Gasteiger partial charge in [-0.2, -0.15) is 0 Å². The molecule has 2 aromatic heterocycles. The van der Waals surface area contributed by atoms with Crippen LogP contribution in [-0.2, 0) is 4.79 Å². The van der Waals surface area contributed by atoms with Gasteiger partial charge in [-0.05, 0) is 51.1 Å². The Hall–Kier alpha value is -3.48. The van der Waals surface area contributed by atoms with Gasteiger partial charge < -0.3 is 24.2 Å². The number of hydrogen-bond acceptors (Lipinski definition) is 5. The number of rotatable bonds is 7. The van der Waals surface area contributed by atoms with E-state index in [1.807, 2.05) is 26.8 Å². The predicted molar refractivity (Wildman–Crippen MR) is 103 cm³/mol. The summed E-state index contributed by atoms with van der Waals surface area (Å²) in [4.78, 5) is 24.2. The van der Waals surface area contributed by atoms with Crippen molar-refractivity contribution in [2.24, 2.45) is 0 Å². The van der Waals surface area contributed by atoms with E-state index < -0.39 is 0 Å². The second kappa shape index (κ2) is 8.47. The highest BCUT2D eigenvalue weighted by Gasteiger charge is 2.15. The summed E-state index contributed by atoms with van der Waals surface area (Å²) in [5.41, 5.74) is 1.48. The van der Waals surface area contributed by atoms with Gasteiger partial charge in [-0.15, -0.1) is 0 Å². The molecule has 0 aliphatic rings.